The fraction of sp³-hybridized carbons (Fsp3) is 0.381. The monoisotopic (exact) mass is 394 g/mol. The predicted molar refractivity (Wildman–Crippen MR) is 112 cm³/mol. The number of aromatic nitrogens is 2. The first kappa shape index (κ1) is 17.6. The van der Waals surface area contributed by atoms with Gasteiger partial charge in [0.2, 0.25) is 0 Å². The minimum absolute atomic E-state index is 0.00589. The summed E-state index contributed by atoms with van der Waals surface area (Å²) in [6.07, 6.45) is 3.15. The highest BCUT2D eigenvalue weighted by Gasteiger charge is 2.22. The summed E-state index contributed by atoms with van der Waals surface area (Å²) in [5, 5.41) is 0.953. The number of hydrogen-bond donors (Lipinski definition) is 0. The fourth-order valence-electron chi connectivity index (χ4n) is 3.84. The molecule has 3 aromatic rings. The van der Waals surface area contributed by atoms with Crippen molar-refractivity contribution in [3.05, 3.63) is 36.5 Å². The first-order chi connectivity index (χ1) is 13.7. The highest BCUT2D eigenvalue weighted by atomic mass is 32.1. The van der Waals surface area contributed by atoms with Crippen LogP contribution in [0.3, 0.4) is 0 Å². The summed E-state index contributed by atoms with van der Waals surface area (Å²) in [6, 6.07) is 10.2. The van der Waals surface area contributed by atoms with Gasteiger partial charge in [0.15, 0.2) is 0 Å². The van der Waals surface area contributed by atoms with Crippen LogP contribution >= 0.6 is 11.3 Å². The zero-order valence-corrected chi connectivity index (χ0v) is 16.6. The zero-order chi connectivity index (χ0) is 19.1. The quantitative estimate of drug-likeness (QED) is 0.680. The van der Waals surface area contributed by atoms with E-state index in [0.717, 1.165) is 51.3 Å². The number of thiazole rings is 1. The van der Waals surface area contributed by atoms with Crippen molar-refractivity contribution in [3.8, 4) is 10.6 Å². The SMILES string of the molecule is C[C@H]1CCN(c2ccc(-c3nc4ccc(N5CCOCC5=O)cc4s3)cn2)C1. The third kappa shape index (κ3) is 3.25. The fourth-order valence-corrected chi connectivity index (χ4v) is 4.83. The minimum Gasteiger partial charge on any atom is -0.370 e. The van der Waals surface area contributed by atoms with Crippen LogP contribution < -0.4 is 9.80 Å². The summed E-state index contributed by atoms with van der Waals surface area (Å²) >= 11 is 1.63. The number of hydrogen-bond acceptors (Lipinski definition) is 6. The van der Waals surface area contributed by atoms with Crippen LogP contribution in [-0.2, 0) is 9.53 Å². The molecule has 2 aliphatic heterocycles. The van der Waals surface area contributed by atoms with Crippen molar-refractivity contribution in [1.29, 1.82) is 0 Å². The average Bonchev–Trinajstić information content (AvgIpc) is 3.34. The van der Waals surface area contributed by atoms with Crippen LogP contribution in [0.5, 0.6) is 0 Å². The third-order valence-electron chi connectivity index (χ3n) is 5.41. The van der Waals surface area contributed by atoms with Gasteiger partial charge < -0.3 is 14.5 Å². The topological polar surface area (TPSA) is 58.6 Å². The van der Waals surface area contributed by atoms with Gasteiger partial charge in [0.1, 0.15) is 17.4 Å². The highest BCUT2D eigenvalue weighted by molar-refractivity contribution is 7.21. The largest absolute Gasteiger partial charge is 0.370 e. The molecule has 1 amide bonds. The normalized spacial score (nSPS) is 20.3. The van der Waals surface area contributed by atoms with Crippen molar-refractivity contribution >= 4 is 39.0 Å². The number of pyridine rings is 1. The van der Waals surface area contributed by atoms with Crippen molar-refractivity contribution in [2.45, 2.75) is 13.3 Å². The molecule has 2 aliphatic rings. The van der Waals surface area contributed by atoms with Crippen molar-refractivity contribution in [2.24, 2.45) is 5.92 Å². The van der Waals surface area contributed by atoms with Crippen LogP contribution in [0, 0.1) is 5.92 Å². The maximum Gasteiger partial charge on any atom is 0.253 e. The number of nitrogens with zero attached hydrogens (tertiary/aromatic N) is 4. The molecule has 1 aromatic carbocycles. The van der Waals surface area contributed by atoms with Gasteiger partial charge in [-0.15, -0.1) is 11.3 Å². The molecule has 144 valence electrons. The number of carbonyl (C=O) groups excluding carboxylic acids is 1. The molecule has 0 radical (unpaired) electrons. The second-order valence-electron chi connectivity index (χ2n) is 7.51. The summed E-state index contributed by atoms with van der Waals surface area (Å²) in [6.45, 7) is 5.77. The van der Waals surface area contributed by atoms with Gasteiger partial charge in [0.25, 0.3) is 5.91 Å². The highest BCUT2D eigenvalue weighted by Crippen LogP contribution is 2.33. The van der Waals surface area contributed by atoms with Crippen molar-refractivity contribution in [2.75, 3.05) is 42.6 Å². The molecule has 2 saturated heterocycles. The molecule has 5 rings (SSSR count). The lowest BCUT2D eigenvalue weighted by molar-refractivity contribution is -0.125. The smallest absolute Gasteiger partial charge is 0.253 e. The molecule has 1 atom stereocenters. The van der Waals surface area contributed by atoms with E-state index in [9.17, 15) is 4.79 Å². The Hall–Kier alpha value is -2.51. The third-order valence-corrected chi connectivity index (χ3v) is 6.48. The first-order valence-electron chi connectivity index (χ1n) is 9.67. The van der Waals surface area contributed by atoms with Gasteiger partial charge in [0.05, 0.1) is 16.8 Å². The van der Waals surface area contributed by atoms with Crippen molar-refractivity contribution < 1.29 is 9.53 Å². The summed E-state index contributed by atoms with van der Waals surface area (Å²) in [5.74, 6) is 1.78. The number of fused-ring (bicyclic) bond motifs is 1. The van der Waals surface area contributed by atoms with Crippen molar-refractivity contribution in [1.82, 2.24) is 9.97 Å². The molecule has 0 aliphatic carbocycles. The molecule has 0 N–H and O–H groups in total. The summed E-state index contributed by atoms with van der Waals surface area (Å²) in [7, 11) is 0. The van der Waals surface area contributed by atoms with E-state index in [-0.39, 0.29) is 12.5 Å². The van der Waals surface area contributed by atoms with E-state index in [1.807, 2.05) is 24.4 Å². The summed E-state index contributed by atoms with van der Waals surface area (Å²) in [4.78, 5) is 25.7. The molecule has 4 heterocycles. The molecular weight excluding hydrogens is 372 g/mol. The molecule has 0 spiro atoms. The van der Waals surface area contributed by atoms with Crippen LogP contribution in [0.2, 0.25) is 0 Å². The standard InChI is InChI=1S/C21H22N4O2S/c1-14-6-7-24(12-14)19-5-2-15(11-22-19)21-23-17-4-3-16(10-18(17)28-21)25-8-9-27-13-20(25)26/h2-5,10-11,14H,6-9,12-13H2,1H3/t14-/m0/s1. The van der Waals surface area contributed by atoms with Crippen molar-refractivity contribution in [3.63, 3.8) is 0 Å². The lowest BCUT2D eigenvalue weighted by Gasteiger charge is -2.26. The van der Waals surface area contributed by atoms with E-state index in [2.05, 4.69) is 28.9 Å². The Morgan fingerprint density at radius 1 is 1.21 bits per heavy atom. The number of amides is 1. The van der Waals surface area contributed by atoms with Gasteiger partial charge in [-0.2, -0.15) is 0 Å². The Bertz CT molecular complexity index is 1020. The number of carbonyl (C=O) groups is 1. The molecular formula is C21H22N4O2S. The van der Waals surface area contributed by atoms with E-state index in [0.29, 0.717) is 13.2 Å². The van der Waals surface area contributed by atoms with Gasteiger partial charge in [-0.05, 0) is 42.7 Å². The number of rotatable bonds is 3. The minimum atomic E-state index is 0.00589. The number of anilines is 2. The lowest BCUT2D eigenvalue weighted by atomic mass is 10.2. The van der Waals surface area contributed by atoms with Crippen LogP contribution in [0.15, 0.2) is 36.5 Å². The van der Waals surface area contributed by atoms with Gasteiger partial charge in [-0.1, -0.05) is 6.92 Å². The van der Waals surface area contributed by atoms with E-state index in [4.69, 9.17) is 9.72 Å². The molecule has 0 unspecified atom stereocenters. The second kappa shape index (κ2) is 7.14. The molecule has 0 saturated carbocycles. The Labute approximate surface area is 167 Å². The molecule has 7 heteroatoms. The Balaban J connectivity index is 1.41. The van der Waals surface area contributed by atoms with Crippen LogP contribution in [0.1, 0.15) is 13.3 Å². The van der Waals surface area contributed by atoms with E-state index in [1.165, 1.54) is 6.42 Å². The van der Waals surface area contributed by atoms with E-state index >= 15 is 0 Å². The zero-order valence-electron chi connectivity index (χ0n) is 15.8. The number of benzene rings is 1. The molecule has 6 nitrogen and oxygen atoms in total. The maximum absolute atomic E-state index is 12.1. The summed E-state index contributed by atoms with van der Waals surface area (Å²) < 4.78 is 6.30. The number of morpholine rings is 1. The van der Waals surface area contributed by atoms with Gasteiger partial charge in [0, 0.05) is 37.1 Å². The summed E-state index contributed by atoms with van der Waals surface area (Å²) in [5.41, 5.74) is 2.88. The van der Waals surface area contributed by atoms with Gasteiger partial charge >= 0.3 is 0 Å². The molecule has 2 fully saturated rings. The average molecular weight is 395 g/mol. The Morgan fingerprint density at radius 2 is 2.14 bits per heavy atom. The van der Waals surface area contributed by atoms with Gasteiger partial charge in [-0.3, -0.25) is 4.79 Å². The molecule has 28 heavy (non-hydrogen) atoms. The lowest BCUT2D eigenvalue weighted by Crippen LogP contribution is -2.41. The predicted octanol–water partition coefficient (Wildman–Crippen LogP) is 3.57. The van der Waals surface area contributed by atoms with Crippen LogP contribution in [0.25, 0.3) is 20.8 Å². The first-order valence-corrected chi connectivity index (χ1v) is 10.5. The van der Waals surface area contributed by atoms with E-state index in [1.54, 1.807) is 16.2 Å². The number of ether oxygens (including phenoxy) is 1. The maximum atomic E-state index is 12.1. The van der Waals surface area contributed by atoms with Crippen LogP contribution in [0.4, 0.5) is 11.5 Å². The molecule has 2 aromatic heterocycles. The Morgan fingerprint density at radius 3 is 2.89 bits per heavy atom. The second-order valence-corrected chi connectivity index (χ2v) is 8.54. The molecule has 0 bridgehead atoms. The van der Waals surface area contributed by atoms with Crippen LogP contribution in [-0.4, -0.2) is 48.7 Å². The van der Waals surface area contributed by atoms with E-state index < -0.39 is 0 Å². The van der Waals surface area contributed by atoms with Gasteiger partial charge in [-0.25, -0.2) is 9.97 Å². The Kier molecular flexibility index (Phi) is 4.49.